The summed E-state index contributed by atoms with van der Waals surface area (Å²) in [5.41, 5.74) is 0. The van der Waals surface area contributed by atoms with Gasteiger partial charge in [-0.3, -0.25) is 9.59 Å². The number of hydrogen-bond donors (Lipinski definition) is 2. The summed E-state index contributed by atoms with van der Waals surface area (Å²) in [7, 11) is 1.67. The molecule has 0 aromatic heterocycles. The van der Waals surface area contributed by atoms with Crippen LogP contribution in [-0.4, -0.2) is 49.9 Å². The molecule has 0 bridgehead atoms. The van der Waals surface area contributed by atoms with Crippen LogP contribution in [0.4, 0.5) is 0 Å². The van der Waals surface area contributed by atoms with Gasteiger partial charge in [0.15, 0.2) is 0 Å². The van der Waals surface area contributed by atoms with Crippen molar-refractivity contribution in [1.82, 2.24) is 15.5 Å². The number of amides is 2. The van der Waals surface area contributed by atoms with E-state index in [1.54, 1.807) is 7.05 Å². The van der Waals surface area contributed by atoms with Crippen molar-refractivity contribution in [2.45, 2.75) is 25.7 Å². The van der Waals surface area contributed by atoms with Crippen LogP contribution in [0, 0.1) is 11.8 Å². The highest BCUT2D eigenvalue weighted by Gasteiger charge is 2.27. The van der Waals surface area contributed by atoms with Crippen LogP contribution >= 0.6 is 0 Å². The van der Waals surface area contributed by atoms with E-state index >= 15 is 0 Å². The van der Waals surface area contributed by atoms with E-state index in [9.17, 15) is 9.59 Å². The van der Waals surface area contributed by atoms with Crippen LogP contribution in [0.15, 0.2) is 0 Å². The van der Waals surface area contributed by atoms with Gasteiger partial charge in [-0.15, -0.1) is 0 Å². The Hall–Kier alpha value is -1.10. The lowest BCUT2D eigenvalue weighted by molar-refractivity contribution is -0.134. The maximum absolute atomic E-state index is 11.9. The van der Waals surface area contributed by atoms with E-state index in [0.29, 0.717) is 19.6 Å². The normalized spacial score (nSPS) is 20.8. The number of piperidine rings is 1. The van der Waals surface area contributed by atoms with Gasteiger partial charge in [0, 0.05) is 26.1 Å². The lowest BCUT2D eigenvalue weighted by atomic mass is 9.96. The molecule has 1 aliphatic heterocycles. The van der Waals surface area contributed by atoms with Gasteiger partial charge in [-0.25, -0.2) is 0 Å². The van der Waals surface area contributed by atoms with Gasteiger partial charge in [-0.2, -0.15) is 0 Å². The zero-order chi connectivity index (χ0) is 13.0. The molecule has 5 nitrogen and oxygen atoms in total. The van der Waals surface area contributed by atoms with Crippen molar-refractivity contribution in [3.63, 3.8) is 0 Å². The van der Waals surface area contributed by atoms with Crippen molar-refractivity contribution < 1.29 is 9.59 Å². The largest absolute Gasteiger partial charge is 0.359 e. The van der Waals surface area contributed by atoms with Gasteiger partial charge >= 0.3 is 0 Å². The van der Waals surface area contributed by atoms with E-state index in [0.717, 1.165) is 25.3 Å². The van der Waals surface area contributed by atoms with E-state index in [2.05, 4.69) is 10.6 Å². The summed E-state index contributed by atoms with van der Waals surface area (Å²) < 4.78 is 0. The van der Waals surface area contributed by atoms with Gasteiger partial charge in [0.2, 0.25) is 11.8 Å². The average Bonchev–Trinajstić information content (AvgIpc) is 3.22. The van der Waals surface area contributed by atoms with Gasteiger partial charge in [0.05, 0.1) is 6.54 Å². The van der Waals surface area contributed by atoms with Crippen LogP contribution in [0.2, 0.25) is 0 Å². The quantitative estimate of drug-likeness (QED) is 0.723. The minimum atomic E-state index is 0.0819. The molecular weight excluding hydrogens is 230 g/mol. The van der Waals surface area contributed by atoms with Gasteiger partial charge in [0.1, 0.15) is 0 Å². The number of likely N-dealkylation sites (tertiary alicyclic amines) is 1. The summed E-state index contributed by atoms with van der Waals surface area (Å²) in [5, 5.41) is 5.90. The molecule has 2 aliphatic rings. The molecule has 0 unspecified atom stereocenters. The number of nitrogens with zero attached hydrogens (tertiary/aromatic N) is 1. The first kappa shape index (κ1) is 13.3. The van der Waals surface area contributed by atoms with E-state index in [4.69, 9.17) is 0 Å². The third-order valence-corrected chi connectivity index (χ3v) is 3.87. The molecule has 0 aromatic carbocycles. The topological polar surface area (TPSA) is 61.4 Å². The van der Waals surface area contributed by atoms with Crippen molar-refractivity contribution in [1.29, 1.82) is 0 Å². The van der Waals surface area contributed by atoms with Gasteiger partial charge in [-0.05, 0) is 38.1 Å². The van der Waals surface area contributed by atoms with Crippen LogP contribution in [-0.2, 0) is 9.59 Å². The first-order chi connectivity index (χ1) is 8.70. The van der Waals surface area contributed by atoms with Crippen LogP contribution in [0.5, 0.6) is 0 Å². The zero-order valence-electron chi connectivity index (χ0n) is 11.1. The molecule has 2 rings (SSSR count). The number of carbonyl (C=O) groups excluding carboxylic acids is 2. The Balaban J connectivity index is 1.64. The lowest BCUT2D eigenvalue weighted by Gasteiger charge is -2.31. The SMILES string of the molecule is CNC(=O)C1CCN(C(=O)CNCC2CC2)CC1. The predicted molar refractivity (Wildman–Crippen MR) is 69.0 cm³/mol. The van der Waals surface area contributed by atoms with E-state index in [1.807, 2.05) is 4.90 Å². The van der Waals surface area contributed by atoms with E-state index < -0.39 is 0 Å². The first-order valence-electron chi connectivity index (χ1n) is 6.90. The van der Waals surface area contributed by atoms with Gasteiger partial charge in [0.25, 0.3) is 0 Å². The highest BCUT2D eigenvalue weighted by molar-refractivity contribution is 5.80. The maximum Gasteiger partial charge on any atom is 0.236 e. The summed E-state index contributed by atoms with van der Waals surface area (Å²) in [6, 6.07) is 0. The Labute approximate surface area is 108 Å². The Morgan fingerprint density at radius 1 is 1.17 bits per heavy atom. The smallest absolute Gasteiger partial charge is 0.236 e. The monoisotopic (exact) mass is 253 g/mol. The molecule has 2 amide bonds. The zero-order valence-corrected chi connectivity index (χ0v) is 11.1. The van der Waals surface area contributed by atoms with Gasteiger partial charge < -0.3 is 15.5 Å². The molecule has 0 spiro atoms. The molecule has 2 N–H and O–H groups in total. The third kappa shape index (κ3) is 3.70. The number of rotatable bonds is 5. The maximum atomic E-state index is 11.9. The number of nitrogens with one attached hydrogen (secondary N) is 2. The van der Waals surface area contributed by atoms with Crippen molar-refractivity contribution in [3.8, 4) is 0 Å². The van der Waals surface area contributed by atoms with Crippen molar-refractivity contribution in [2.24, 2.45) is 11.8 Å². The molecule has 1 aliphatic carbocycles. The fourth-order valence-corrected chi connectivity index (χ4v) is 2.41. The summed E-state index contributed by atoms with van der Waals surface area (Å²) in [5.74, 6) is 1.16. The van der Waals surface area contributed by atoms with Gasteiger partial charge in [-0.1, -0.05) is 0 Å². The van der Waals surface area contributed by atoms with Crippen LogP contribution in [0.25, 0.3) is 0 Å². The molecule has 18 heavy (non-hydrogen) atoms. The molecule has 1 saturated carbocycles. The number of carbonyl (C=O) groups is 2. The Kier molecular flexibility index (Phi) is 4.58. The summed E-state index contributed by atoms with van der Waals surface area (Å²) in [4.78, 5) is 25.3. The highest BCUT2D eigenvalue weighted by atomic mass is 16.2. The average molecular weight is 253 g/mol. The van der Waals surface area contributed by atoms with Crippen molar-refractivity contribution in [2.75, 3.05) is 33.2 Å². The Bertz CT molecular complexity index is 307. The molecular formula is C13H23N3O2. The second-order valence-corrected chi connectivity index (χ2v) is 5.34. The molecule has 1 saturated heterocycles. The fourth-order valence-electron chi connectivity index (χ4n) is 2.41. The first-order valence-corrected chi connectivity index (χ1v) is 6.90. The lowest BCUT2D eigenvalue weighted by Crippen LogP contribution is -2.45. The van der Waals surface area contributed by atoms with Crippen molar-refractivity contribution in [3.05, 3.63) is 0 Å². The minimum absolute atomic E-state index is 0.0819. The Morgan fingerprint density at radius 3 is 2.39 bits per heavy atom. The molecule has 1 heterocycles. The van der Waals surface area contributed by atoms with Crippen molar-refractivity contribution >= 4 is 11.8 Å². The van der Waals surface area contributed by atoms with Crippen LogP contribution < -0.4 is 10.6 Å². The van der Waals surface area contributed by atoms with E-state index in [-0.39, 0.29) is 17.7 Å². The van der Waals surface area contributed by atoms with E-state index in [1.165, 1.54) is 12.8 Å². The summed E-state index contributed by atoms with van der Waals surface area (Å²) in [6.07, 6.45) is 4.18. The standard InChI is InChI=1S/C13H23N3O2/c1-14-13(18)11-4-6-16(7-5-11)12(17)9-15-8-10-2-3-10/h10-11,15H,2-9H2,1H3,(H,14,18). The molecule has 102 valence electrons. The van der Waals surface area contributed by atoms with Crippen LogP contribution in [0.3, 0.4) is 0 Å². The summed E-state index contributed by atoms with van der Waals surface area (Å²) >= 11 is 0. The predicted octanol–water partition coefficient (Wildman–Crippen LogP) is -0.0294. The molecule has 0 atom stereocenters. The van der Waals surface area contributed by atoms with Crippen LogP contribution in [0.1, 0.15) is 25.7 Å². The Morgan fingerprint density at radius 2 is 1.83 bits per heavy atom. The number of hydrogen-bond acceptors (Lipinski definition) is 3. The molecule has 5 heteroatoms. The fraction of sp³-hybridized carbons (Fsp3) is 0.846. The molecule has 0 aromatic rings. The second-order valence-electron chi connectivity index (χ2n) is 5.34. The minimum Gasteiger partial charge on any atom is -0.359 e. The third-order valence-electron chi connectivity index (χ3n) is 3.87. The highest BCUT2D eigenvalue weighted by Crippen LogP contribution is 2.27. The molecule has 2 fully saturated rings. The summed E-state index contributed by atoms with van der Waals surface area (Å²) in [6.45, 7) is 2.84. The molecule has 0 radical (unpaired) electrons. The second kappa shape index (κ2) is 6.18.